The molecular formula is C24H22O2. The number of ketones is 2. The van der Waals surface area contributed by atoms with Gasteiger partial charge in [0.15, 0.2) is 0 Å². The predicted molar refractivity (Wildman–Crippen MR) is 106 cm³/mol. The lowest BCUT2D eigenvalue weighted by atomic mass is 9.65. The molecule has 3 rings (SSSR count). The summed E-state index contributed by atoms with van der Waals surface area (Å²) < 4.78 is 0. The zero-order chi connectivity index (χ0) is 18.6. The molecule has 1 unspecified atom stereocenters. The highest BCUT2D eigenvalue weighted by molar-refractivity contribution is 6.06. The van der Waals surface area contributed by atoms with Gasteiger partial charge < -0.3 is 0 Å². The van der Waals surface area contributed by atoms with Gasteiger partial charge in [-0.1, -0.05) is 72.5 Å². The van der Waals surface area contributed by atoms with Gasteiger partial charge in [-0.2, -0.15) is 0 Å². The van der Waals surface area contributed by atoms with Crippen LogP contribution in [0.1, 0.15) is 32.3 Å². The summed E-state index contributed by atoms with van der Waals surface area (Å²) in [6, 6.07) is 14.1. The highest BCUT2D eigenvalue weighted by atomic mass is 16.2. The van der Waals surface area contributed by atoms with Crippen molar-refractivity contribution in [3.63, 3.8) is 0 Å². The molecule has 1 atom stereocenters. The van der Waals surface area contributed by atoms with Crippen molar-refractivity contribution in [3.8, 4) is 11.8 Å². The minimum Gasteiger partial charge on any atom is -0.299 e. The summed E-state index contributed by atoms with van der Waals surface area (Å²) in [6.07, 6.45) is 8.75. The number of hydrogen-bond donors (Lipinski definition) is 0. The Bertz CT molecular complexity index is 947. The van der Waals surface area contributed by atoms with Crippen LogP contribution in [0.2, 0.25) is 0 Å². The Labute approximate surface area is 154 Å². The Morgan fingerprint density at radius 1 is 1.04 bits per heavy atom. The van der Waals surface area contributed by atoms with Crippen molar-refractivity contribution in [1.82, 2.24) is 0 Å². The number of carbonyl (C=O) groups excluding carboxylic acids is 2. The van der Waals surface area contributed by atoms with Crippen LogP contribution in [0.4, 0.5) is 0 Å². The highest BCUT2D eigenvalue weighted by Crippen LogP contribution is 2.38. The molecule has 0 bridgehead atoms. The van der Waals surface area contributed by atoms with E-state index >= 15 is 0 Å². The first-order valence-electron chi connectivity index (χ1n) is 8.88. The van der Waals surface area contributed by atoms with Crippen LogP contribution < -0.4 is 0 Å². The lowest BCUT2D eigenvalue weighted by molar-refractivity contribution is -0.140. The van der Waals surface area contributed by atoms with E-state index in [0.29, 0.717) is 6.42 Å². The van der Waals surface area contributed by atoms with E-state index in [1.165, 1.54) is 13.8 Å². The molecule has 0 amide bonds. The van der Waals surface area contributed by atoms with Crippen LogP contribution in [0.3, 0.4) is 0 Å². The van der Waals surface area contributed by atoms with Gasteiger partial charge in [0.25, 0.3) is 0 Å². The normalized spacial score (nSPS) is 16.2. The maximum atomic E-state index is 12.5. The van der Waals surface area contributed by atoms with Crippen molar-refractivity contribution in [2.45, 2.75) is 26.7 Å². The van der Waals surface area contributed by atoms with Crippen molar-refractivity contribution < 1.29 is 9.59 Å². The van der Waals surface area contributed by atoms with E-state index in [2.05, 4.69) is 24.0 Å². The fraction of sp³-hybridized carbons (Fsp3) is 0.250. The van der Waals surface area contributed by atoms with Crippen LogP contribution >= 0.6 is 0 Å². The van der Waals surface area contributed by atoms with Gasteiger partial charge in [-0.3, -0.25) is 9.59 Å². The summed E-state index contributed by atoms with van der Waals surface area (Å²) in [5.74, 6) is 5.99. The Morgan fingerprint density at radius 2 is 1.77 bits per heavy atom. The zero-order valence-corrected chi connectivity index (χ0v) is 15.2. The molecule has 0 radical (unpaired) electrons. The lowest BCUT2D eigenvalue weighted by Crippen LogP contribution is -2.43. The Kier molecular flexibility index (Phi) is 5.19. The molecular weight excluding hydrogens is 320 g/mol. The fourth-order valence-corrected chi connectivity index (χ4v) is 3.71. The van der Waals surface area contributed by atoms with Gasteiger partial charge in [0, 0.05) is 17.9 Å². The molecule has 1 aliphatic rings. The third kappa shape index (κ3) is 3.26. The molecule has 0 saturated heterocycles. The van der Waals surface area contributed by atoms with Crippen LogP contribution in [0.15, 0.2) is 66.8 Å². The third-order valence-electron chi connectivity index (χ3n) is 5.25. The van der Waals surface area contributed by atoms with Crippen LogP contribution in [-0.4, -0.2) is 11.6 Å². The molecule has 0 aromatic heterocycles. The van der Waals surface area contributed by atoms with E-state index in [0.717, 1.165) is 16.3 Å². The van der Waals surface area contributed by atoms with Gasteiger partial charge in [0.1, 0.15) is 17.0 Å². The summed E-state index contributed by atoms with van der Waals surface area (Å²) in [5.41, 5.74) is -0.151. The molecule has 130 valence electrons. The second-order valence-electron chi connectivity index (χ2n) is 6.74. The minimum absolute atomic E-state index is 0.109. The number of allylic oxidation sites excluding steroid dienone is 4. The molecule has 1 aliphatic carbocycles. The van der Waals surface area contributed by atoms with Gasteiger partial charge in [-0.25, -0.2) is 0 Å². The van der Waals surface area contributed by atoms with E-state index in [-0.39, 0.29) is 23.9 Å². The highest BCUT2D eigenvalue weighted by Gasteiger charge is 2.45. The van der Waals surface area contributed by atoms with Gasteiger partial charge in [-0.05, 0) is 37.1 Å². The van der Waals surface area contributed by atoms with Crippen molar-refractivity contribution in [3.05, 3.63) is 72.3 Å². The second-order valence-corrected chi connectivity index (χ2v) is 6.74. The van der Waals surface area contributed by atoms with Crippen LogP contribution in [-0.2, 0) is 9.59 Å². The Hall–Kier alpha value is -2.92. The number of hydrogen-bond acceptors (Lipinski definition) is 2. The number of rotatable bonds is 4. The molecule has 0 aliphatic heterocycles. The SMILES string of the molecule is CC(=O)C(CC#Cc1cccc2ccccc12)(C(C)=O)C1C=CC=CC1. The summed E-state index contributed by atoms with van der Waals surface area (Å²) in [5, 5.41) is 2.21. The first-order chi connectivity index (χ1) is 12.6. The van der Waals surface area contributed by atoms with Crippen molar-refractivity contribution >= 4 is 22.3 Å². The molecule has 0 heterocycles. The second kappa shape index (κ2) is 7.54. The molecule has 2 aromatic rings. The molecule has 2 heteroatoms. The van der Waals surface area contributed by atoms with Crippen molar-refractivity contribution in [2.75, 3.05) is 0 Å². The Morgan fingerprint density at radius 3 is 2.46 bits per heavy atom. The van der Waals surface area contributed by atoms with Crippen LogP contribution in [0.25, 0.3) is 10.8 Å². The van der Waals surface area contributed by atoms with Crippen LogP contribution in [0.5, 0.6) is 0 Å². The quantitative estimate of drug-likeness (QED) is 0.586. The molecule has 0 saturated carbocycles. The molecule has 2 nitrogen and oxygen atoms in total. The number of benzene rings is 2. The predicted octanol–water partition coefficient (Wildman–Crippen LogP) is 4.88. The molecule has 0 N–H and O–H groups in total. The van der Waals surface area contributed by atoms with Crippen molar-refractivity contribution in [1.29, 1.82) is 0 Å². The molecule has 26 heavy (non-hydrogen) atoms. The topological polar surface area (TPSA) is 34.1 Å². The average Bonchev–Trinajstić information content (AvgIpc) is 2.65. The van der Waals surface area contributed by atoms with E-state index in [4.69, 9.17) is 0 Å². The lowest BCUT2D eigenvalue weighted by Gasteiger charge is -2.34. The Balaban J connectivity index is 1.97. The average molecular weight is 342 g/mol. The van der Waals surface area contributed by atoms with E-state index in [1.54, 1.807) is 0 Å². The zero-order valence-electron chi connectivity index (χ0n) is 15.2. The van der Waals surface area contributed by atoms with Crippen LogP contribution in [0, 0.1) is 23.2 Å². The van der Waals surface area contributed by atoms with Crippen molar-refractivity contribution in [2.24, 2.45) is 11.3 Å². The van der Waals surface area contributed by atoms with Gasteiger partial charge in [0.2, 0.25) is 0 Å². The summed E-state index contributed by atoms with van der Waals surface area (Å²) in [7, 11) is 0. The van der Waals surface area contributed by atoms with E-state index in [1.807, 2.05) is 54.6 Å². The summed E-state index contributed by atoms with van der Waals surface area (Å²) in [4.78, 5) is 25.0. The maximum absolute atomic E-state index is 12.5. The van der Waals surface area contributed by atoms with E-state index < -0.39 is 5.41 Å². The number of Topliss-reactive ketones (excluding diaryl/α,β-unsaturated/α-hetero) is 2. The third-order valence-corrected chi connectivity index (χ3v) is 5.25. The first-order valence-corrected chi connectivity index (χ1v) is 8.88. The number of fused-ring (bicyclic) bond motifs is 1. The minimum atomic E-state index is -1.07. The van der Waals surface area contributed by atoms with Gasteiger partial charge in [0.05, 0.1) is 0 Å². The van der Waals surface area contributed by atoms with E-state index in [9.17, 15) is 9.59 Å². The number of carbonyl (C=O) groups is 2. The largest absolute Gasteiger partial charge is 0.299 e. The maximum Gasteiger partial charge on any atom is 0.144 e. The standard InChI is InChI=1S/C24H22O2/c1-18(25)24(19(2)26,22-14-4-3-5-15-22)17-9-13-21-12-8-11-20-10-6-7-16-23(20)21/h3-8,10-12,14,16,22H,15,17H2,1-2H3. The first kappa shape index (κ1) is 17.9. The summed E-state index contributed by atoms with van der Waals surface area (Å²) >= 11 is 0. The summed E-state index contributed by atoms with van der Waals surface area (Å²) in [6.45, 7) is 3.01. The smallest absolute Gasteiger partial charge is 0.144 e. The van der Waals surface area contributed by atoms with Gasteiger partial charge in [-0.15, -0.1) is 0 Å². The molecule has 2 aromatic carbocycles. The molecule has 0 spiro atoms. The fourth-order valence-electron chi connectivity index (χ4n) is 3.71. The molecule has 0 fully saturated rings. The monoisotopic (exact) mass is 342 g/mol. The van der Waals surface area contributed by atoms with Gasteiger partial charge >= 0.3 is 0 Å².